The largest absolute Gasteiger partial charge is 0.385 e. The minimum Gasteiger partial charge on any atom is -0.385 e. The van der Waals surface area contributed by atoms with Crippen molar-refractivity contribution in [2.45, 2.75) is 19.3 Å². The van der Waals surface area contributed by atoms with E-state index in [2.05, 4.69) is 18.0 Å². The van der Waals surface area contributed by atoms with Gasteiger partial charge in [-0.3, -0.25) is 0 Å². The number of hydrogen-bond donors (Lipinski definition) is 0. The van der Waals surface area contributed by atoms with Gasteiger partial charge in [-0.15, -0.1) is 0 Å². The molecule has 0 saturated heterocycles. The fourth-order valence-electron chi connectivity index (χ4n) is 1.02. The molecule has 0 amide bonds. The van der Waals surface area contributed by atoms with Gasteiger partial charge in [0, 0.05) is 26.7 Å². The average Bonchev–Trinajstić information content (AvgIpc) is 2.06. The van der Waals surface area contributed by atoms with Crippen LogP contribution in [-0.4, -0.2) is 38.8 Å². The molecule has 0 aliphatic heterocycles. The highest BCUT2D eigenvalue weighted by Crippen LogP contribution is 1.93. The van der Waals surface area contributed by atoms with Crippen molar-refractivity contribution in [2.75, 3.05) is 33.9 Å². The van der Waals surface area contributed by atoms with E-state index in [1.165, 1.54) is 0 Å². The first-order chi connectivity index (χ1) is 5.81. The Morgan fingerprint density at radius 2 is 2.00 bits per heavy atom. The predicted molar refractivity (Wildman–Crippen MR) is 48.8 cm³/mol. The Labute approximate surface area is 74.9 Å². The zero-order chi connectivity index (χ0) is 9.23. The monoisotopic (exact) mass is 170 g/mol. The van der Waals surface area contributed by atoms with Crippen molar-refractivity contribution in [1.82, 2.24) is 4.90 Å². The Morgan fingerprint density at radius 3 is 2.58 bits per heavy atom. The standard InChI is InChI=1S/C9H18N2O/c1-11(7-4-3-6-10)8-5-9-12-2/h3-5,7-9H2,1-2H3. The third-order valence-corrected chi connectivity index (χ3v) is 1.72. The van der Waals surface area contributed by atoms with Crippen molar-refractivity contribution >= 4 is 0 Å². The van der Waals surface area contributed by atoms with Gasteiger partial charge < -0.3 is 9.64 Å². The number of rotatable bonds is 7. The first kappa shape index (κ1) is 11.4. The molecular weight excluding hydrogens is 152 g/mol. The molecule has 0 aromatic rings. The summed E-state index contributed by atoms with van der Waals surface area (Å²) in [5, 5.41) is 8.30. The van der Waals surface area contributed by atoms with Crippen molar-refractivity contribution in [2.24, 2.45) is 0 Å². The van der Waals surface area contributed by atoms with Gasteiger partial charge >= 0.3 is 0 Å². The Kier molecular flexibility index (Phi) is 8.09. The predicted octanol–water partition coefficient (Wildman–Crippen LogP) is 1.26. The summed E-state index contributed by atoms with van der Waals surface area (Å²) in [6, 6.07) is 2.14. The fourth-order valence-corrected chi connectivity index (χ4v) is 1.02. The summed E-state index contributed by atoms with van der Waals surface area (Å²) >= 11 is 0. The number of unbranched alkanes of at least 4 members (excludes halogenated alkanes) is 1. The molecule has 0 radical (unpaired) electrons. The molecule has 0 bridgehead atoms. The number of nitriles is 1. The van der Waals surface area contributed by atoms with Gasteiger partial charge in [-0.2, -0.15) is 5.26 Å². The van der Waals surface area contributed by atoms with Gasteiger partial charge in [0.1, 0.15) is 0 Å². The topological polar surface area (TPSA) is 36.3 Å². The Bertz CT molecular complexity index is 131. The van der Waals surface area contributed by atoms with Gasteiger partial charge in [0.25, 0.3) is 0 Å². The summed E-state index contributed by atoms with van der Waals surface area (Å²) in [5.41, 5.74) is 0. The lowest BCUT2D eigenvalue weighted by Gasteiger charge is -2.14. The van der Waals surface area contributed by atoms with Crippen LogP contribution in [0.15, 0.2) is 0 Å². The van der Waals surface area contributed by atoms with Crippen LogP contribution in [0.1, 0.15) is 19.3 Å². The van der Waals surface area contributed by atoms with Crippen molar-refractivity contribution < 1.29 is 4.74 Å². The molecule has 0 aromatic heterocycles. The summed E-state index contributed by atoms with van der Waals surface area (Å²) in [7, 11) is 3.79. The molecule has 0 N–H and O–H groups in total. The molecule has 3 heteroatoms. The van der Waals surface area contributed by atoms with Crippen LogP contribution in [0.4, 0.5) is 0 Å². The highest BCUT2D eigenvalue weighted by Gasteiger charge is 1.96. The second-order valence-corrected chi connectivity index (χ2v) is 2.91. The summed E-state index contributed by atoms with van der Waals surface area (Å²) in [4.78, 5) is 2.23. The van der Waals surface area contributed by atoms with E-state index in [-0.39, 0.29) is 0 Å². The van der Waals surface area contributed by atoms with Crippen LogP contribution >= 0.6 is 0 Å². The Balaban J connectivity index is 3.11. The molecule has 0 rings (SSSR count). The lowest BCUT2D eigenvalue weighted by atomic mass is 10.3. The van der Waals surface area contributed by atoms with E-state index >= 15 is 0 Å². The molecule has 3 nitrogen and oxygen atoms in total. The van der Waals surface area contributed by atoms with Gasteiger partial charge in [0.05, 0.1) is 6.07 Å². The SMILES string of the molecule is COCCCN(C)CCCC#N. The van der Waals surface area contributed by atoms with Crippen LogP contribution in [0, 0.1) is 11.3 Å². The molecule has 0 saturated carbocycles. The quantitative estimate of drug-likeness (QED) is 0.540. The van der Waals surface area contributed by atoms with E-state index in [1.54, 1.807) is 7.11 Å². The summed E-state index contributed by atoms with van der Waals surface area (Å²) in [5.74, 6) is 0. The van der Waals surface area contributed by atoms with Crippen molar-refractivity contribution in [3.8, 4) is 6.07 Å². The van der Waals surface area contributed by atoms with Crippen molar-refractivity contribution in [3.63, 3.8) is 0 Å². The molecule has 70 valence electrons. The third kappa shape index (κ3) is 7.52. The van der Waals surface area contributed by atoms with Crippen LogP contribution in [0.3, 0.4) is 0 Å². The molecule has 0 aliphatic rings. The smallest absolute Gasteiger partial charge is 0.0622 e. The maximum Gasteiger partial charge on any atom is 0.0622 e. The van der Waals surface area contributed by atoms with Gasteiger partial charge in [-0.25, -0.2) is 0 Å². The average molecular weight is 170 g/mol. The van der Waals surface area contributed by atoms with Gasteiger partial charge in [-0.05, 0) is 26.4 Å². The van der Waals surface area contributed by atoms with Crippen molar-refractivity contribution in [1.29, 1.82) is 5.26 Å². The highest BCUT2D eigenvalue weighted by molar-refractivity contribution is 4.69. The second-order valence-electron chi connectivity index (χ2n) is 2.91. The van der Waals surface area contributed by atoms with E-state index < -0.39 is 0 Å². The van der Waals surface area contributed by atoms with Crippen LogP contribution in [0.5, 0.6) is 0 Å². The fraction of sp³-hybridized carbons (Fsp3) is 0.889. The number of hydrogen-bond acceptors (Lipinski definition) is 3. The van der Waals surface area contributed by atoms with Gasteiger partial charge in [-0.1, -0.05) is 0 Å². The third-order valence-electron chi connectivity index (χ3n) is 1.72. The van der Waals surface area contributed by atoms with E-state index in [1.807, 2.05) is 0 Å². The summed E-state index contributed by atoms with van der Waals surface area (Å²) < 4.78 is 4.94. The molecule has 12 heavy (non-hydrogen) atoms. The van der Waals surface area contributed by atoms with E-state index in [0.29, 0.717) is 6.42 Å². The minimum absolute atomic E-state index is 0.661. The first-order valence-corrected chi connectivity index (χ1v) is 4.35. The van der Waals surface area contributed by atoms with E-state index in [0.717, 1.165) is 32.5 Å². The number of methoxy groups -OCH3 is 1. The lowest BCUT2D eigenvalue weighted by Crippen LogP contribution is -2.21. The van der Waals surface area contributed by atoms with Crippen molar-refractivity contribution in [3.05, 3.63) is 0 Å². The molecule has 0 aromatic carbocycles. The molecule has 0 fully saturated rings. The molecular formula is C9H18N2O. The molecule has 0 aliphatic carbocycles. The maximum atomic E-state index is 8.30. The molecule has 0 spiro atoms. The normalized spacial score (nSPS) is 10.2. The molecule has 0 heterocycles. The zero-order valence-corrected chi connectivity index (χ0v) is 8.05. The van der Waals surface area contributed by atoms with E-state index in [4.69, 9.17) is 10.00 Å². The molecule has 0 atom stereocenters. The number of nitrogens with zero attached hydrogens (tertiary/aromatic N) is 2. The summed E-state index contributed by atoms with van der Waals surface area (Å²) in [6.07, 6.45) is 2.70. The second kappa shape index (κ2) is 8.51. The van der Waals surface area contributed by atoms with Crippen LogP contribution < -0.4 is 0 Å². The maximum absolute atomic E-state index is 8.30. The van der Waals surface area contributed by atoms with E-state index in [9.17, 15) is 0 Å². The Morgan fingerprint density at radius 1 is 1.33 bits per heavy atom. The number of ether oxygens (including phenoxy) is 1. The first-order valence-electron chi connectivity index (χ1n) is 4.35. The lowest BCUT2D eigenvalue weighted by molar-refractivity contribution is 0.179. The van der Waals surface area contributed by atoms with Crippen LogP contribution in [0.2, 0.25) is 0 Å². The summed E-state index contributed by atoms with van der Waals surface area (Å²) in [6.45, 7) is 2.89. The Hall–Kier alpha value is -0.590. The highest BCUT2D eigenvalue weighted by atomic mass is 16.5. The van der Waals surface area contributed by atoms with Gasteiger partial charge in [0.15, 0.2) is 0 Å². The van der Waals surface area contributed by atoms with Gasteiger partial charge in [0.2, 0.25) is 0 Å². The van der Waals surface area contributed by atoms with Crippen LogP contribution in [-0.2, 0) is 4.74 Å². The zero-order valence-electron chi connectivity index (χ0n) is 8.05. The molecule has 0 unspecified atom stereocenters. The van der Waals surface area contributed by atoms with Crippen LogP contribution in [0.25, 0.3) is 0 Å². The minimum atomic E-state index is 0.661.